The molecule has 0 bridgehead atoms. The van der Waals surface area contributed by atoms with E-state index in [0.717, 1.165) is 11.1 Å². The lowest BCUT2D eigenvalue weighted by molar-refractivity contribution is -0.116. The lowest BCUT2D eigenvalue weighted by Gasteiger charge is -2.12. The Bertz CT molecular complexity index is 1280. The number of aromatic nitrogens is 4. The quantitative estimate of drug-likeness (QED) is 0.685. The number of hydrogen-bond donors (Lipinski definition) is 1. The van der Waals surface area contributed by atoms with Crippen molar-refractivity contribution in [2.24, 2.45) is 0 Å². The number of fused-ring (bicyclic) bond motifs is 1. The summed E-state index contributed by atoms with van der Waals surface area (Å²) in [6.45, 7) is 3.70. The predicted octanol–water partition coefficient (Wildman–Crippen LogP) is 1.21. The van der Waals surface area contributed by atoms with Crippen LogP contribution < -0.4 is 10.9 Å². The van der Waals surface area contributed by atoms with Crippen molar-refractivity contribution in [3.8, 4) is 0 Å². The van der Waals surface area contributed by atoms with Crippen molar-refractivity contribution in [2.75, 3.05) is 16.8 Å². The van der Waals surface area contributed by atoms with E-state index in [1.54, 1.807) is 0 Å². The zero-order valence-corrected chi connectivity index (χ0v) is 16.9. The summed E-state index contributed by atoms with van der Waals surface area (Å²) < 4.78 is 26.2. The van der Waals surface area contributed by atoms with Gasteiger partial charge in [0.15, 0.2) is 15.5 Å². The number of anilines is 1. The maximum atomic E-state index is 12.8. The largest absolute Gasteiger partial charge is 0.324 e. The number of nitrogens with one attached hydrogen (secondary N) is 1. The SMILES string of the molecule is Cc1cccc(NC(=O)Cn2cnc3c(cnn3C3CCS(=O)(=O)C3)c2=O)c1C. The second-order valence-corrected chi connectivity index (χ2v) is 9.59. The van der Waals surface area contributed by atoms with Crippen molar-refractivity contribution in [3.05, 3.63) is 52.2 Å². The third-order valence-corrected chi connectivity index (χ3v) is 7.08. The molecule has 1 aromatic carbocycles. The van der Waals surface area contributed by atoms with Crippen molar-refractivity contribution >= 4 is 32.5 Å². The van der Waals surface area contributed by atoms with E-state index < -0.39 is 15.4 Å². The van der Waals surface area contributed by atoms with Gasteiger partial charge in [0.05, 0.1) is 23.7 Å². The van der Waals surface area contributed by atoms with Gasteiger partial charge in [-0.2, -0.15) is 5.10 Å². The van der Waals surface area contributed by atoms with Gasteiger partial charge in [0.1, 0.15) is 18.3 Å². The third kappa shape index (κ3) is 3.67. The van der Waals surface area contributed by atoms with Gasteiger partial charge in [0, 0.05) is 5.69 Å². The molecule has 0 aliphatic carbocycles. The zero-order valence-electron chi connectivity index (χ0n) is 16.1. The van der Waals surface area contributed by atoms with Crippen LogP contribution >= 0.6 is 0 Å². The average Bonchev–Trinajstić information content (AvgIpc) is 3.24. The number of aryl methyl sites for hydroxylation is 1. The molecule has 1 unspecified atom stereocenters. The number of hydrogen-bond acceptors (Lipinski definition) is 6. The number of carbonyl (C=O) groups excluding carboxylic acids is 1. The van der Waals surface area contributed by atoms with E-state index in [1.807, 2.05) is 32.0 Å². The summed E-state index contributed by atoms with van der Waals surface area (Å²) in [5.41, 5.74) is 2.67. The highest BCUT2D eigenvalue weighted by Gasteiger charge is 2.31. The van der Waals surface area contributed by atoms with Crippen LogP contribution in [-0.4, -0.2) is 45.2 Å². The van der Waals surface area contributed by atoms with Gasteiger partial charge in [-0.05, 0) is 37.5 Å². The molecular formula is C19H21N5O4S. The predicted molar refractivity (Wildman–Crippen MR) is 109 cm³/mol. The minimum absolute atomic E-state index is 0.00715. The highest BCUT2D eigenvalue weighted by Crippen LogP contribution is 2.25. The van der Waals surface area contributed by atoms with Gasteiger partial charge in [-0.25, -0.2) is 18.1 Å². The molecule has 1 atom stereocenters. The molecule has 3 aromatic rings. The molecular weight excluding hydrogens is 394 g/mol. The molecule has 1 saturated heterocycles. The molecule has 152 valence electrons. The van der Waals surface area contributed by atoms with Crippen molar-refractivity contribution < 1.29 is 13.2 Å². The van der Waals surface area contributed by atoms with E-state index in [-0.39, 0.29) is 35.4 Å². The van der Waals surface area contributed by atoms with E-state index in [1.165, 1.54) is 21.8 Å². The second kappa shape index (κ2) is 7.11. The van der Waals surface area contributed by atoms with Gasteiger partial charge in [0.2, 0.25) is 5.91 Å². The molecule has 9 nitrogen and oxygen atoms in total. The molecule has 1 aliphatic heterocycles. The Balaban J connectivity index is 1.58. The molecule has 0 saturated carbocycles. The fourth-order valence-corrected chi connectivity index (χ4v) is 5.24. The Hall–Kier alpha value is -3.01. The van der Waals surface area contributed by atoms with Gasteiger partial charge >= 0.3 is 0 Å². The highest BCUT2D eigenvalue weighted by atomic mass is 32.2. The molecule has 1 fully saturated rings. The number of amides is 1. The van der Waals surface area contributed by atoms with Crippen LogP contribution in [0.2, 0.25) is 0 Å². The smallest absolute Gasteiger partial charge is 0.264 e. The molecule has 2 aromatic heterocycles. The lowest BCUT2D eigenvalue weighted by Crippen LogP contribution is -2.28. The van der Waals surface area contributed by atoms with Gasteiger partial charge in [-0.1, -0.05) is 12.1 Å². The van der Waals surface area contributed by atoms with Crippen LogP contribution in [-0.2, 0) is 21.2 Å². The summed E-state index contributed by atoms with van der Waals surface area (Å²) in [6.07, 6.45) is 3.13. The van der Waals surface area contributed by atoms with Crippen LogP contribution in [0, 0.1) is 13.8 Å². The van der Waals surface area contributed by atoms with Crippen LogP contribution in [0.1, 0.15) is 23.6 Å². The van der Waals surface area contributed by atoms with Gasteiger partial charge in [-0.3, -0.25) is 14.2 Å². The molecule has 0 radical (unpaired) electrons. The third-order valence-electron chi connectivity index (χ3n) is 5.33. The minimum atomic E-state index is -3.09. The number of sulfone groups is 1. The van der Waals surface area contributed by atoms with Gasteiger partial charge < -0.3 is 5.32 Å². The first kappa shape index (κ1) is 19.3. The maximum Gasteiger partial charge on any atom is 0.264 e. The Kier molecular flexibility index (Phi) is 4.73. The molecule has 1 amide bonds. The van der Waals surface area contributed by atoms with Crippen molar-refractivity contribution in [1.29, 1.82) is 0 Å². The molecule has 3 heterocycles. The van der Waals surface area contributed by atoms with Crippen LogP contribution in [0.3, 0.4) is 0 Å². The summed E-state index contributed by atoms with van der Waals surface area (Å²) in [5, 5.41) is 7.27. The molecule has 29 heavy (non-hydrogen) atoms. The van der Waals surface area contributed by atoms with E-state index in [2.05, 4.69) is 15.4 Å². The molecule has 4 rings (SSSR count). The zero-order chi connectivity index (χ0) is 20.8. The van der Waals surface area contributed by atoms with Crippen LogP contribution in [0.4, 0.5) is 5.69 Å². The normalized spacial score (nSPS) is 18.2. The van der Waals surface area contributed by atoms with Gasteiger partial charge in [-0.15, -0.1) is 0 Å². The van der Waals surface area contributed by atoms with Crippen molar-refractivity contribution in [3.63, 3.8) is 0 Å². The Morgan fingerprint density at radius 1 is 1.31 bits per heavy atom. The summed E-state index contributed by atoms with van der Waals surface area (Å²) in [4.78, 5) is 29.5. The topological polar surface area (TPSA) is 116 Å². The minimum Gasteiger partial charge on any atom is -0.324 e. The highest BCUT2D eigenvalue weighted by molar-refractivity contribution is 7.91. The van der Waals surface area contributed by atoms with E-state index in [9.17, 15) is 18.0 Å². The molecule has 0 spiro atoms. The molecule has 1 aliphatic rings. The van der Waals surface area contributed by atoms with Crippen molar-refractivity contribution in [1.82, 2.24) is 19.3 Å². The second-order valence-electron chi connectivity index (χ2n) is 7.36. The lowest BCUT2D eigenvalue weighted by atomic mass is 10.1. The van der Waals surface area contributed by atoms with Crippen LogP contribution in [0.15, 0.2) is 35.5 Å². The molecule has 10 heteroatoms. The van der Waals surface area contributed by atoms with E-state index >= 15 is 0 Å². The Morgan fingerprint density at radius 3 is 2.83 bits per heavy atom. The summed E-state index contributed by atoms with van der Waals surface area (Å²) in [6, 6.07) is 5.30. The number of carbonyl (C=O) groups is 1. The fraction of sp³-hybridized carbons (Fsp3) is 0.368. The fourth-order valence-electron chi connectivity index (χ4n) is 3.55. The molecule has 1 N–H and O–H groups in total. The first-order chi connectivity index (χ1) is 13.7. The summed E-state index contributed by atoms with van der Waals surface area (Å²) in [5.74, 6) is -0.238. The van der Waals surface area contributed by atoms with Crippen molar-refractivity contribution in [2.45, 2.75) is 32.9 Å². The first-order valence-electron chi connectivity index (χ1n) is 9.24. The first-order valence-corrected chi connectivity index (χ1v) is 11.1. The summed E-state index contributed by atoms with van der Waals surface area (Å²) in [7, 11) is -3.09. The van der Waals surface area contributed by atoms with Gasteiger partial charge in [0.25, 0.3) is 5.56 Å². The van der Waals surface area contributed by atoms with E-state index in [0.29, 0.717) is 17.8 Å². The Labute approximate surface area is 167 Å². The number of nitrogens with zero attached hydrogens (tertiary/aromatic N) is 4. The van der Waals surface area contributed by atoms with Crippen LogP contribution in [0.25, 0.3) is 11.0 Å². The monoisotopic (exact) mass is 415 g/mol. The Morgan fingerprint density at radius 2 is 2.10 bits per heavy atom. The standard InChI is InChI=1S/C19H21N5O4S/c1-12-4-3-5-16(13(12)2)22-17(25)9-23-11-20-18-15(19(23)26)8-21-24(18)14-6-7-29(27,28)10-14/h3-5,8,11,14H,6-7,9-10H2,1-2H3,(H,22,25). The van der Waals surface area contributed by atoms with E-state index in [4.69, 9.17) is 0 Å². The van der Waals surface area contributed by atoms with Crippen LogP contribution in [0.5, 0.6) is 0 Å². The maximum absolute atomic E-state index is 12.8. The number of rotatable bonds is 4. The summed E-state index contributed by atoms with van der Waals surface area (Å²) >= 11 is 0. The average molecular weight is 415 g/mol. The number of benzene rings is 1.